The van der Waals surface area contributed by atoms with Gasteiger partial charge in [-0.25, -0.2) is 13.8 Å². The first-order valence-corrected chi connectivity index (χ1v) is 10.1. The smallest absolute Gasteiger partial charge is 0.230 e. The van der Waals surface area contributed by atoms with E-state index in [1.807, 2.05) is 37.4 Å². The van der Waals surface area contributed by atoms with E-state index >= 15 is 0 Å². The van der Waals surface area contributed by atoms with Crippen molar-refractivity contribution in [2.24, 2.45) is 0 Å². The molecule has 0 aliphatic rings. The molecule has 27 heavy (non-hydrogen) atoms. The predicted octanol–water partition coefficient (Wildman–Crippen LogP) is 6.02. The minimum absolute atomic E-state index is 0.136. The Morgan fingerprint density at radius 3 is 2.63 bits per heavy atom. The Balaban J connectivity index is 1.81. The highest BCUT2D eigenvalue weighted by Gasteiger charge is 2.18. The Bertz CT molecular complexity index is 988. The van der Waals surface area contributed by atoms with Gasteiger partial charge in [0.05, 0.1) is 11.4 Å². The lowest BCUT2D eigenvalue weighted by molar-refractivity contribution is -0.115. The van der Waals surface area contributed by atoms with Crippen molar-refractivity contribution in [3.05, 3.63) is 70.2 Å². The molecular weight excluding hydrogens is 386 g/mol. The number of rotatable bonds is 5. The number of anilines is 2. The monoisotopic (exact) mass is 404 g/mol. The molecule has 0 fully saturated rings. The lowest BCUT2D eigenvalue weighted by Gasteiger charge is -2.19. The molecular formula is C20H18F2N2OS2. The van der Waals surface area contributed by atoms with Crippen LogP contribution in [0.15, 0.2) is 46.7 Å². The summed E-state index contributed by atoms with van der Waals surface area (Å²) in [6, 6.07) is 9.19. The lowest BCUT2D eigenvalue weighted by atomic mass is 10.1. The fraction of sp³-hybridized carbons (Fsp3) is 0.200. The summed E-state index contributed by atoms with van der Waals surface area (Å²) >= 11 is 2.52. The Morgan fingerprint density at radius 2 is 1.93 bits per heavy atom. The van der Waals surface area contributed by atoms with E-state index in [1.165, 1.54) is 36.1 Å². The largest absolute Gasteiger partial charge is 0.274 e. The van der Waals surface area contributed by atoms with Crippen LogP contribution >= 0.6 is 23.1 Å². The van der Waals surface area contributed by atoms with Crippen LogP contribution < -0.4 is 4.90 Å². The van der Waals surface area contributed by atoms with Gasteiger partial charge >= 0.3 is 0 Å². The molecule has 7 heteroatoms. The minimum Gasteiger partial charge on any atom is -0.274 e. The van der Waals surface area contributed by atoms with E-state index in [9.17, 15) is 13.6 Å². The maximum absolute atomic E-state index is 13.7. The van der Waals surface area contributed by atoms with Gasteiger partial charge in [0.25, 0.3) is 0 Å². The molecule has 0 aliphatic carbocycles. The molecule has 2 aromatic carbocycles. The van der Waals surface area contributed by atoms with Gasteiger partial charge in [0, 0.05) is 23.0 Å². The van der Waals surface area contributed by atoms with Gasteiger partial charge in [-0.05, 0) is 55.3 Å². The van der Waals surface area contributed by atoms with Gasteiger partial charge in [0.2, 0.25) is 5.91 Å². The van der Waals surface area contributed by atoms with Gasteiger partial charge in [-0.2, -0.15) is 0 Å². The van der Waals surface area contributed by atoms with Crippen LogP contribution in [0.1, 0.15) is 23.7 Å². The van der Waals surface area contributed by atoms with Crippen LogP contribution in [0.4, 0.5) is 19.6 Å². The molecule has 0 saturated carbocycles. The summed E-state index contributed by atoms with van der Waals surface area (Å²) in [7, 11) is 0. The second-order valence-corrected chi connectivity index (χ2v) is 7.96. The number of nitrogens with zero attached hydrogens (tertiary/aromatic N) is 2. The van der Waals surface area contributed by atoms with E-state index in [-0.39, 0.29) is 10.8 Å². The molecule has 1 amide bonds. The molecule has 0 unspecified atom stereocenters. The average Bonchev–Trinajstić information content (AvgIpc) is 3.07. The summed E-state index contributed by atoms with van der Waals surface area (Å²) in [4.78, 5) is 18.5. The highest BCUT2D eigenvalue weighted by molar-refractivity contribution is 7.98. The number of carbonyl (C=O) groups is 1. The number of hydrogen-bond donors (Lipinski definition) is 0. The molecule has 0 saturated heterocycles. The number of amides is 1. The molecule has 3 rings (SSSR count). The van der Waals surface area contributed by atoms with Crippen molar-refractivity contribution in [1.82, 2.24) is 4.98 Å². The SMILES string of the molecule is CC(=O)N(c1ccc(C)c(C)c1)c1nc(CSc2cc(F)ccc2F)cs1. The van der Waals surface area contributed by atoms with E-state index in [1.54, 1.807) is 4.90 Å². The van der Waals surface area contributed by atoms with Crippen molar-refractivity contribution in [2.75, 3.05) is 4.90 Å². The molecule has 0 radical (unpaired) electrons. The number of benzene rings is 2. The van der Waals surface area contributed by atoms with Crippen molar-refractivity contribution < 1.29 is 13.6 Å². The van der Waals surface area contributed by atoms with Crippen LogP contribution in [0.2, 0.25) is 0 Å². The van der Waals surface area contributed by atoms with Gasteiger partial charge < -0.3 is 0 Å². The van der Waals surface area contributed by atoms with Crippen molar-refractivity contribution >= 4 is 39.8 Å². The maximum atomic E-state index is 13.7. The first-order valence-electron chi connectivity index (χ1n) is 8.25. The number of thioether (sulfide) groups is 1. The topological polar surface area (TPSA) is 33.2 Å². The first kappa shape index (κ1) is 19.5. The number of carbonyl (C=O) groups excluding carboxylic acids is 1. The molecule has 3 aromatic rings. The van der Waals surface area contributed by atoms with Gasteiger partial charge in [-0.3, -0.25) is 9.69 Å². The van der Waals surface area contributed by atoms with E-state index in [0.29, 0.717) is 16.6 Å². The Hall–Kier alpha value is -2.25. The third-order valence-electron chi connectivity index (χ3n) is 4.06. The molecule has 0 bridgehead atoms. The summed E-state index contributed by atoms with van der Waals surface area (Å²) in [6.07, 6.45) is 0. The molecule has 0 N–H and O–H groups in total. The van der Waals surface area contributed by atoms with Crippen molar-refractivity contribution in [2.45, 2.75) is 31.4 Å². The van der Waals surface area contributed by atoms with Crippen LogP contribution in [0, 0.1) is 25.5 Å². The number of aryl methyl sites for hydroxylation is 2. The van der Waals surface area contributed by atoms with E-state index < -0.39 is 11.6 Å². The van der Waals surface area contributed by atoms with Gasteiger partial charge in [0.15, 0.2) is 5.13 Å². The molecule has 1 aromatic heterocycles. The van der Waals surface area contributed by atoms with Crippen LogP contribution in [0.25, 0.3) is 0 Å². The van der Waals surface area contributed by atoms with Crippen LogP contribution in [-0.2, 0) is 10.5 Å². The van der Waals surface area contributed by atoms with Crippen molar-refractivity contribution in [3.8, 4) is 0 Å². The molecule has 140 valence electrons. The Kier molecular flexibility index (Phi) is 5.92. The fourth-order valence-corrected chi connectivity index (χ4v) is 4.34. The molecule has 1 heterocycles. The molecule has 0 spiro atoms. The number of aromatic nitrogens is 1. The number of halogens is 2. The standard InChI is InChI=1S/C20H18F2N2OS2/c1-12-4-6-17(8-13(12)2)24(14(3)25)20-23-16(11-27-20)10-26-19-9-15(21)5-7-18(19)22/h4-9,11H,10H2,1-3H3. The summed E-state index contributed by atoms with van der Waals surface area (Å²) in [5, 5.41) is 2.39. The zero-order valence-electron chi connectivity index (χ0n) is 15.1. The zero-order valence-corrected chi connectivity index (χ0v) is 16.8. The van der Waals surface area contributed by atoms with Crippen LogP contribution in [-0.4, -0.2) is 10.9 Å². The fourth-order valence-electron chi connectivity index (χ4n) is 2.50. The summed E-state index contributed by atoms with van der Waals surface area (Å²) in [5.41, 5.74) is 3.71. The Morgan fingerprint density at radius 1 is 1.15 bits per heavy atom. The maximum Gasteiger partial charge on any atom is 0.230 e. The van der Waals surface area contributed by atoms with Gasteiger partial charge in [-0.1, -0.05) is 6.07 Å². The molecule has 3 nitrogen and oxygen atoms in total. The van der Waals surface area contributed by atoms with E-state index in [2.05, 4.69) is 4.98 Å². The second kappa shape index (κ2) is 8.19. The quantitative estimate of drug-likeness (QED) is 0.488. The summed E-state index contributed by atoms with van der Waals surface area (Å²) < 4.78 is 27.0. The summed E-state index contributed by atoms with van der Waals surface area (Å²) in [6.45, 7) is 5.50. The van der Waals surface area contributed by atoms with Crippen molar-refractivity contribution in [1.29, 1.82) is 0 Å². The highest BCUT2D eigenvalue weighted by Crippen LogP contribution is 2.32. The normalized spacial score (nSPS) is 10.9. The second-order valence-electron chi connectivity index (χ2n) is 6.11. The molecule has 0 aliphatic heterocycles. The van der Waals surface area contributed by atoms with Gasteiger partial charge in [-0.15, -0.1) is 23.1 Å². The minimum atomic E-state index is -0.477. The number of thiazole rings is 1. The van der Waals surface area contributed by atoms with E-state index in [0.717, 1.165) is 28.9 Å². The first-order chi connectivity index (χ1) is 12.8. The third-order valence-corrected chi connectivity index (χ3v) is 6.00. The average molecular weight is 405 g/mol. The number of hydrogen-bond acceptors (Lipinski definition) is 4. The van der Waals surface area contributed by atoms with Gasteiger partial charge in [0.1, 0.15) is 11.6 Å². The zero-order chi connectivity index (χ0) is 19.6. The predicted molar refractivity (Wildman–Crippen MR) is 107 cm³/mol. The highest BCUT2D eigenvalue weighted by atomic mass is 32.2. The lowest BCUT2D eigenvalue weighted by Crippen LogP contribution is -2.22. The van der Waals surface area contributed by atoms with Crippen LogP contribution in [0.5, 0.6) is 0 Å². The van der Waals surface area contributed by atoms with Crippen LogP contribution in [0.3, 0.4) is 0 Å². The third kappa shape index (κ3) is 4.54. The Labute approximate surface area is 165 Å². The summed E-state index contributed by atoms with van der Waals surface area (Å²) in [5.74, 6) is -0.689. The van der Waals surface area contributed by atoms with Crippen molar-refractivity contribution in [3.63, 3.8) is 0 Å². The van der Waals surface area contributed by atoms with E-state index in [4.69, 9.17) is 0 Å². The molecule has 0 atom stereocenters.